The van der Waals surface area contributed by atoms with Crippen LogP contribution in [0.1, 0.15) is 17.3 Å². The largest absolute Gasteiger partial charge is 0.462 e. The zero-order valence-corrected chi connectivity index (χ0v) is 15.8. The maximum atomic E-state index is 12.4. The Labute approximate surface area is 155 Å². The van der Waals surface area contributed by atoms with Crippen molar-refractivity contribution in [3.8, 4) is 11.1 Å². The molecule has 8 heteroatoms. The van der Waals surface area contributed by atoms with Gasteiger partial charge in [0.05, 0.1) is 6.61 Å². The van der Waals surface area contributed by atoms with Crippen LogP contribution in [0.15, 0.2) is 35.7 Å². The molecule has 25 heavy (non-hydrogen) atoms. The zero-order chi connectivity index (χ0) is 18.4. The number of anilines is 1. The minimum Gasteiger partial charge on any atom is -0.462 e. The molecule has 0 aliphatic carbocycles. The van der Waals surface area contributed by atoms with E-state index in [1.165, 1.54) is 16.2 Å². The van der Waals surface area contributed by atoms with Crippen molar-refractivity contribution in [3.05, 3.63) is 41.3 Å². The van der Waals surface area contributed by atoms with E-state index in [0.29, 0.717) is 10.6 Å². The smallest absolute Gasteiger partial charge is 0.341 e. The van der Waals surface area contributed by atoms with Gasteiger partial charge in [-0.25, -0.2) is 9.59 Å². The molecule has 0 fully saturated rings. The summed E-state index contributed by atoms with van der Waals surface area (Å²) in [6.45, 7) is 2.02. The molecule has 0 unspecified atom stereocenters. The molecular weight excluding hydrogens is 358 g/mol. The molecule has 0 atom stereocenters. The first kappa shape index (κ1) is 18.9. The van der Waals surface area contributed by atoms with Gasteiger partial charge in [0, 0.05) is 25.0 Å². The fourth-order valence-electron chi connectivity index (χ4n) is 2.03. The lowest BCUT2D eigenvalue weighted by Gasteiger charge is -2.14. The molecule has 2 N–H and O–H groups in total. The molecule has 0 spiro atoms. The molecule has 1 aromatic heterocycles. The number of thiophene rings is 1. The van der Waals surface area contributed by atoms with Crippen molar-refractivity contribution in [1.29, 1.82) is 0 Å². The summed E-state index contributed by atoms with van der Waals surface area (Å²) in [5, 5.41) is 7.96. The molecule has 0 saturated heterocycles. The van der Waals surface area contributed by atoms with Gasteiger partial charge in [-0.3, -0.25) is 5.32 Å². The molecule has 0 bridgehead atoms. The molecule has 1 aromatic carbocycles. The van der Waals surface area contributed by atoms with E-state index in [1.54, 1.807) is 21.0 Å². The second-order valence-electron chi connectivity index (χ2n) is 5.22. The van der Waals surface area contributed by atoms with Crippen molar-refractivity contribution in [2.45, 2.75) is 6.92 Å². The van der Waals surface area contributed by atoms with Crippen LogP contribution in [0.5, 0.6) is 0 Å². The van der Waals surface area contributed by atoms with Gasteiger partial charge in [0.15, 0.2) is 5.11 Å². The average molecular weight is 377 g/mol. The number of carbonyl (C=O) groups is 2. The summed E-state index contributed by atoms with van der Waals surface area (Å²) in [4.78, 5) is 25.5. The Kier molecular flexibility index (Phi) is 6.49. The lowest BCUT2D eigenvalue weighted by molar-refractivity contribution is 0.0529. The Balaban J connectivity index is 2.32. The molecule has 2 rings (SSSR count). The van der Waals surface area contributed by atoms with E-state index in [1.807, 2.05) is 35.7 Å². The van der Waals surface area contributed by atoms with Gasteiger partial charge in [0.1, 0.15) is 10.6 Å². The minimum absolute atomic E-state index is 0.116. The van der Waals surface area contributed by atoms with Crippen LogP contribution in [0.2, 0.25) is 0 Å². The predicted molar refractivity (Wildman–Crippen MR) is 104 cm³/mol. The third-order valence-corrected chi connectivity index (χ3v) is 4.31. The van der Waals surface area contributed by atoms with Crippen molar-refractivity contribution >= 4 is 45.7 Å². The molecule has 2 amide bonds. The molecule has 0 aliphatic rings. The summed E-state index contributed by atoms with van der Waals surface area (Å²) in [6, 6.07) is 9.19. The maximum Gasteiger partial charge on any atom is 0.341 e. The van der Waals surface area contributed by atoms with Crippen LogP contribution in [0.25, 0.3) is 11.1 Å². The molecule has 2 aromatic rings. The van der Waals surface area contributed by atoms with Gasteiger partial charge in [0.25, 0.3) is 0 Å². The van der Waals surface area contributed by atoms with E-state index in [-0.39, 0.29) is 17.8 Å². The Bertz CT molecular complexity index is 773. The molecule has 0 aliphatic heterocycles. The summed E-state index contributed by atoms with van der Waals surface area (Å²) >= 11 is 6.48. The molecule has 0 radical (unpaired) electrons. The number of nitrogens with zero attached hydrogens (tertiary/aromatic N) is 1. The van der Waals surface area contributed by atoms with Crippen molar-refractivity contribution in [2.75, 3.05) is 26.0 Å². The summed E-state index contributed by atoms with van der Waals surface area (Å²) in [5.74, 6) is -0.438. The number of amides is 2. The number of hydrogen-bond acceptors (Lipinski definition) is 5. The third kappa shape index (κ3) is 4.77. The highest BCUT2D eigenvalue weighted by Gasteiger charge is 2.22. The Morgan fingerprint density at radius 1 is 1.24 bits per heavy atom. The number of ether oxygens (including phenoxy) is 1. The lowest BCUT2D eigenvalue weighted by atomic mass is 10.0. The van der Waals surface area contributed by atoms with Crippen LogP contribution in [0, 0.1) is 0 Å². The van der Waals surface area contributed by atoms with E-state index < -0.39 is 5.97 Å². The molecule has 1 heterocycles. The maximum absolute atomic E-state index is 12.4. The number of nitrogens with one attached hydrogen (secondary N) is 2. The number of esters is 1. The quantitative estimate of drug-likeness (QED) is 0.630. The first-order valence-electron chi connectivity index (χ1n) is 7.57. The topological polar surface area (TPSA) is 70.7 Å². The van der Waals surface area contributed by atoms with Crippen LogP contribution in [0.3, 0.4) is 0 Å². The third-order valence-electron chi connectivity index (χ3n) is 3.21. The summed E-state index contributed by atoms with van der Waals surface area (Å²) in [7, 11) is 3.22. The van der Waals surface area contributed by atoms with Crippen molar-refractivity contribution in [1.82, 2.24) is 10.2 Å². The Morgan fingerprint density at radius 3 is 2.52 bits per heavy atom. The van der Waals surface area contributed by atoms with Crippen molar-refractivity contribution < 1.29 is 14.3 Å². The summed E-state index contributed by atoms with van der Waals surface area (Å²) in [6.07, 6.45) is 0. The van der Waals surface area contributed by atoms with Crippen LogP contribution >= 0.6 is 23.6 Å². The van der Waals surface area contributed by atoms with Gasteiger partial charge in [-0.2, -0.15) is 0 Å². The average Bonchev–Trinajstić information content (AvgIpc) is 2.99. The second kappa shape index (κ2) is 8.59. The van der Waals surface area contributed by atoms with Crippen LogP contribution in [-0.4, -0.2) is 42.7 Å². The highest BCUT2D eigenvalue weighted by Crippen LogP contribution is 2.36. The zero-order valence-electron chi connectivity index (χ0n) is 14.2. The van der Waals surface area contributed by atoms with Crippen LogP contribution in [-0.2, 0) is 4.74 Å². The Hall–Kier alpha value is -2.45. The molecule has 0 saturated carbocycles. The molecular formula is C17H19N3O3S2. The summed E-state index contributed by atoms with van der Waals surface area (Å²) in [5.41, 5.74) is 2.06. The van der Waals surface area contributed by atoms with E-state index >= 15 is 0 Å². The number of benzene rings is 1. The Morgan fingerprint density at radius 2 is 1.92 bits per heavy atom. The van der Waals surface area contributed by atoms with Gasteiger partial charge < -0.3 is 15.0 Å². The SMILES string of the molecule is CCOC(=O)c1c(-c2ccccc2)csc1NC(=S)NC(=O)N(C)C. The lowest BCUT2D eigenvalue weighted by Crippen LogP contribution is -2.40. The van der Waals surface area contributed by atoms with Gasteiger partial charge in [-0.15, -0.1) is 11.3 Å². The highest BCUT2D eigenvalue weighted by atomic mass is 32.1. The standard InChI is InChI=1S/C17H19N3O3S2/c1-4-23-15(21)13-12(11-8-6-5-7-9-11)10-25-14(13)18-16(24)19-17(22)20(2)3/h5-10H,4H2,1-3H3,(H2,18,19,22,24). The first-order valence-corrected chi connectivity index (χ1v) is 8.86. The second-order valence-corrected chi connectivity index (χ2v) is 6.51. The molecule has 132 valence electrons. The summed E-state index contributed by atoms with van der Waals surface area (Å²) < 4.78 is 5.18. The van der Waals surface area contributed by atoms with E-state index in [9.17, 15) is 9.59 Å². The van der Waals surface area contributed by atoms with E-state index in [2.05, 4.69) is 10.6 Å². The van der Waals surface area contributed by atoms with Crippen molar-refractivity contribution in [2.24, 2.45) is 0 Å². The number of carbonyl (C=O) groups excluding carboxylic acids is 2. The predicted octanol–water partition coefficient (Wildman–Crippen LogP) is 3.56. The number of thiocarbonyl (C=S) groups is 1. The van der Waals surface area contributed by atoms with Gasteiger partial charge >= 0.3 is 12.0 Å². The normalized spacial score (nSPS) is 10.0. The monoisotopic (exact) mass is 377 g/mol. The van der Waals surface area contributed by atoms with Crippen LogP contribution < -0.4 is 10.6 Å². The van der Waals surface area contributed by atoms with Gasteiger partial charge in [0.2, 0.25) is 0 Å². The number of rotatable bonds is 4. The first-order chi connectivity index (χ1) is 11.9. The van der Waals surface area contributed by atoms with Gasteiger partial charge in [-0.1, -0.05) is 30.3 Å². The van der Waals surface area contributed by atoms with Crippen molar-refractivity contribution in [3.63, 3.8) is 0 Å². The highest BCUT2D eigenvalue weighted by molar-refractivity contribution is 7.80. The number of hydrogen-bond donors (Lipinski definition) is 2. The fraction of sp³-hybridized carbons (Fsp3) is 0.235. The molecule has 6 nitrogen and oxygen atoms in total. The van der Waals surface area contributed by atoms with E-state index in [0.717, 1.165) is 11.1 Å². The van der Waals surface area contributed by atoms with Gasteiger partial charge in [-0.05, 0) is 24.7 Å². The van der Waals surface area contributed by atoms with Crippen LogP contribution in [0.4, 0.5) is 9.80 Å². The number of urea groups is 1. The fourth-order valence-corrected chi connectivity index (χ4v) is 3.25. The van der Waals surface area contributed by atoms with E-state index in [4.69, 9.17) is 17.0 Å². The minimum atomic E-state index is -0.438.